The molecule has 9 heteroatoms. The van der Waals surface area contributed by atoms with Crippen molar-refractivity contribution in [2.75, 3.05) is 18.4 Å². The van der Waals surface area contributed by atoms with E-state index in [2.05, 4.69) is 10.3 Å². The zero-order chi connectivity index (χ0) is 21.4. The highest BCUT2D eigenvalue weighted by atomic mass is 32.2. The van der Waals surface area contributed by atoms with Gasteiger partial charge >= 0.3 is 0 Å². The normalized spacial score (nSPS) is 27.3. The van der Waals surface area contributed by atoms with Gasteiger partial charge in [0.05, 0.1) is 22.4 Å². The minimum Gasteiger partial charge on any atom is -0.362 e. The number of hydrogen-bond donors (Lipinski definition) is 1. The molecular formula is C21H24FN3O4S. The van der Waals surface area contributed by atoms with Crippen molar-refractivity contribution in [1.29, 1.82) is 0 Å². The van der Waals surface area contributed by atoms with Gasteiger partial charge in [0.25, 0.3) is 5.91 Å². The number of aromatic nitrogens is 1. The summed E-state index contributed by atoms with van der Waals surface area (Å²) >= 11 is 0. The van der Waals surface area contributed by atoms with Crippen molar-refractivity contribution >= 4 is 21.6 Å². The quantitative estimate of drug-likeness (QED) is 0.801. The average Bonchev–Trinajstić information content (AvgIpc) is 3.16. The average molecular weight is 434 g/mol. The van der Waals surface area contributed by atoms with Gasteiger partial charge in [-0.3, -0.25) is 9.78 Å². The van der Waals surface area contributed by atoms with Gasteiger partial charge in [-0.1, -0.05) is 13.0 Å². The lowest BCUT2D eigenvalue weighted by atomic mass is 9.81. The molecule has 0 aliphatic carbocycles. The summed E-state index contributed by atoms with van der Waals surface area (Å²) in [6.45, 7) is 2.46. The van der Waals surface area contributed by atoms with E-state index < -0.39 is 27.5 Å². The first-order chi connectivity index (χ1) is 14.3. The lowest BCUT2D eigenvalue weighted by Crippen LogP contribution is -2.52. The van der Waals surface area contributed by atoms with E-state index in [1.807, 2.05) is 6.92 Å². The Morgan fingerprint density at radius 1 is 1.30 bits per heavy atom. The fourth-order valence-electron chi connectivity index (χ4n) is 4.29. The molecule has 1 amide bonds. The van der Waals surface area contributed by atoms with Crippen molar-refractivity contribution in [2.24, 2.45) is 5.92 Å². The van der Waals surface area contributed by atoms with Gasteiger partial charge in [0.1, 0.15) is 11.9 Å². The van der Waals surface area contributed by atoms with Crippen LogP contribution in [-0.2, 0) is 19.6 Å². The van der Waals surface area contributed by atoms with Crippen molar-refractivity contribution in [3.05, 3.63) is 54.6 Å². The predicted octanol–water partition coefficient (Wildman–Crippen LogP) is 2.81. The molecule has 30 heavy (non-hydrogen) atoms. The molecule has 2 aliphatic rings. The van der Waals surface area contributed by atoms with Crippen molar-refractivity contribution in [3.63, 3.8) is 0 Å². The Bertz CT molecular complexity index is 1030. The molecule has 2 aliphatic heterocycles. The van der Waals surface area contributed by atoms with Crippen LogP contribution < -0.4 is 5.32 Å². The van der Waals surface area contributed by atoms with Crippen molar-refractivity contribution in [3.8, 4) is 0 Å². The van der Waals surface area contributed by atoms with Crippen LogP contribution in [0.3, 0.4) is 0 Å². The van der Waals surface area contributed by atoms with E-state index in [0.717, 1.165) is 6.07 Å². The third-order valence-corrected chi connectivity index (χ3v) is 7.88. The number of ether oxygens (including phenoxy) is 1. The van der Waals surface area contributed by atoms with Gasteiger partial charge in [0, 0.05) is 19.3 Å². The second kappa shape index (κ2) is 8.05. The number of halogens is 1. The molecule has 4 rings (SSSR count). The first-order valence-electron chi connectivity index (χ1n) is 9.95. The Balaban J connectivity index is 1.42. The number of piperidine rings is 1. The molecular weight excluding hydrogens is 409 g/mol. The summed E-state index contributed by atoms with van der Waals surface area (Å²) in [7, 11) is -3.78. The minimum atomic E-state index is -3.78. The maximum absolute atomic E-state index is 13.5. The van der Waals surface area contributed by atoms with Gasteiger partial charge in [-0.2, -0.15) is 4.31 Å². The van der Waals surface area contributed by atoms with Crippen LogP contribution in [0.25, 0.3) is 0 Å². The van der Waals surface area contributed by atoms with Crippen LogP contribution in [0.1, 0.15) is 26.2 Å². The first kappa shape index (κ1) is 20.9. The SMILES string of the molecule is C[C@@H]1CN(S(=O)(=O)c2cccc(F)c2)CC[C@]12CC[C@H](C(=O)Nc1cccnc1)O2. The summed E-state index contributed by atoms with van der Waals surface area (Å²) < 4.78 is 46.9. The van der Waals surface area contributed by atoms with Crippen LogP contribution in [0.4, 0.5) is 10.1 Å². The Morgan fingerprint density at radius 2 is 2.13 bits per heavy atom. The number of nitrogens with zero attached hydrogens (tertiary/aromatic N) is 2. The number of benzene rings is 1. The van der Waals surface area contributed by atoms with E-state index in [1.165, 1.54) is 22.5 Å². The molecule has 1 aromatic carbocycles. The Kier molecular flexibility index (Phi) is 5.61. The van der Waals surface area contributed by atoms with E-state index in [1.54, 1.807) is 24.5 Å². The van der Waals surface area contributed by atoms with Crippen LogP contribution in [0.15, 0.2) is 53.7 Å². The molecule has 0 bridgehead atoms. The first-order valence-corrected chi connectivity index (χ1v) is 11.4. The van der Waals surface area contributed by atoms with Crippen molar-refractivity contribution < 1.29 is 22.3 Å². The minimum absolute atomic E-state index is 0.0493. The largest absolute Gasteiger partial charge is 0.362 e. The Labute approximate surface area is 175 Å². The summed E-state index contributed by atoms with van der Waals surface area (Å²) in [6, 6.07) is 8.55. The van der Waals surface area contributed by atoms with Gasteiger partial charge in [-0.15, -0.1) is 0 Å². The molecule has 0 radical (unpaired) electrons. The standard InChI is InChI=1S/C21H24FN3O4S/c1-15-14-25(30(27,28)18-6-2-4-16(22)12-18)11-9-21(15)8-7-19(29-21)20(26)24-17-5-3-10-23-13-17/h2-6,10,12-13,15,19H,7-9,11,14H2,1H3,(H,24,26)/t15-,19-,21-/m1/s1. The fraction of sp³-hybridized carbons (Fsp3) is 0.429. The zero-order valence-electron chi connectivity index (χ0n) is 16.6. The summed E-state index contributed by atoms with van der Waals surface area (Å²) in [4.78, 5) is 16.5. The van der Waals surface area contributed by atoms with E-state index in [-0.39, 0.29) is 29.8 Å². The molecule has 1 spiro atoms. The summed E-state index contributed by atoms with van der Waals surface area (Å²) in [5.41, 5.74) is 0.0707. The third kappa shape index (κ3) is 3.97. The van der Waals surface area contributed by atoms with Crippen LogP contribution in [0.5, 0.6) is 0 Å². The smallest absolute Gasteiger partial charge is 0.253 e. The van der Waals surface area contributed by atoms with E-state index >= 15 is 0 Å². The van der Waals surface area contributed by atoms with Gasteiger partial charge < -0.3 is 10.1 Å². The highest BCUT2D eigenvalue weighted by molar-refractivity contribution is 7.89. The number of carbonyl (C=O) groups is 1. The lowest BCUT2D eigenvalue weighted by molar-refractivity contribution is -0.140. The second-order valence-corrected chi connectivity index (χ2v) is 9.85. The number of amides is 1. The topological polar surface area (TPSA) is 88.6 Å². The van der Waals surface area contributed by atoms with E-state index in [9.17, 15) is 17.6 Å². The monoisotopic (exact) mass is 433 g/mol. The molecule has 0 saturated carbocycles. The highest BCUT2D eigenvalue weighted by Crippen LogP contribution is 2.43. The summed E-state index contributed by atoms with van der Waals surface area (Å²) in [5, 5.41) is 2.81. The number of carbonyl (C=O) groups excluding carboxylic acids is 1. The number of hydrogen-bond acceptors (Lipinski definition) is 5. The summed E-state index contributed by atoms with van der Waals surface area (Å²) in [5.74, 6) is -0.910. The molecule has 7 nitrogen and oxygen atoms in total. The maximum atomic E-state index is 13.5. The molecule has 3 atom stereocenters. The van der Waals surface area contributed by atoms with Crippen LogP contribution in [0.2, 0.25) is 0 Å². The fourth-order valence-corrected chi connectivity index (χ4v) is 5.85. The number of sulfonamides is 1. The van der Waals surface area contributed by atoms with Crippen LogP contribution in [0, 0.1) is 11.7 Å². The third-order valence-electron chi connectivity index (χ3n) is 6.02. The molecule has 3 heterocycles. The number of rotatable bonds is 4. The van der Waals surface area contributed by atoms with E-state index in [4.69, 9.17) is 4.74 Å². The van der Waals surface area contributed by atoms with Gasteiger partial charge in [0.2, 0.25) is 10.0 Å². The number of pyridine rings is 1. The Hall–Kier alpha value is -2.36. The molecule has 2 saturated heterocycles. The Morgan fingerprint density at radius 3 is 2.83 bits per heavy atom. The molecule has 2 aromatic rings. The van der Waals surface area contributed by atoms with Crippen molar-refractivity contribution in [1.82, 2.24) is 9.29 Å². The molecule has 0 unspecified atom stereocenters. The second-order valence-electron chi connectivity index (χ2n) is 7.91. The number of anilines is 1. The van der Waals surface area contributed by atoms with Crippen molar-refractivity contribution in [2.45, 2.75) is 42.8 Å². The van der Waals surface area contributed by atoms with Crippen LogP contribution in [-0.4, -0.2) is 48.4 Å². The lowest BCUT2D eigenvalue weighted by Gasteiger charge is -2.43. The maximum Gasteiger partial charge on any atom is 0.253 e. The molecule has 1 N–H and O–H groups in total. The highest BCUT2D eigenvalue weighted by Gasteiger charge is 2.50. The van der Waals surface area contributed by atoms with Gasteiger partial charge in [0.15, 0.2) is 0 Å². The summed E-state index contributed by atoms with van der Waals surface area (Å²) in [6.07, 6.45) is 4.36. The molecule has 2 fully saturated rings. The molecule has 160 valence electrons. The van der Waals surface area contributed by atoms with Gasteiger partial charge in [-0.25, -0.2) is 12.8 Å². The number of nitrogens with one attached hydrogen (secondary N) is 1. The molecule has 1 aromatic heterocycles. The zero-order valence-corrected chi connectivity index (χ0v) is 17.4. The van der Waals surface area contributed by atoms with Gasteiger partial charge in [-0.05, 0) is 55.5 Å². The van der Waals surface area contributed by atoms with E-state index in [0.29, 0.717) is 24.9 Å². The predicted molar refractivity (Wildman–Crippen MR) is 109 cm³/mol. The van der Waals surface area contributed by atoms with Crippen LogP contribution >= 0.6 is 0 Å².